The number of piperidine rings is 1. The van der Waals surface area contributed by atoms with Gasteiger partial charge in [0.15, 0.2) is 5.82 Å². The van der Waals surface area contributed by atoms with Gasteiger partial charge in [0.2, 0.25) is 0 Å². The van der Waals surface area contributed by atoms with Gasteiger partial charge in [0.1, 0.15) is 0 Å². The highest BCUT2D eigenvalue weighted by molar-refractivity contribution is 5.37. The maximum Gasteiger partial charge on any atom is 0.151 e. The number of hydrogen-bond acceptors (Lipinski definition) is 5. The second-order valence-electron chi connectivity index (χ2n) is 5.68. The van der Waals surface area contributed by atoms with E-state index < -0.39 is 0 Å². The summed E-state index contributed by atoms with van der Waals surface area (Å²) in [6, 6.07) is 4.90. The van der Waals surface area contributed by atoms with Crippen LogP contribution < -0.4 is 10.2 Å². The first-order valence-corrected chi connectivity index (χ1v) is 7.77. The zero-order valence-corrected chi connectivity index (χ0v) is 12.2. The van der Waals surface area contributed by atoms with Crippen LogP contribution in [-0.4, -0.2) is 42.0 Å². The second kappa shape index (κ2) is 6.50. The maximum atomic E-state index is 5.68. The Bertz CT molecular complexity index is 410. The van der Waals surface area contributed by atoms with Gasteiger partial charge >= 0.3 is 0 Å². The van der Waals surface area contributed by atoms with E-state index in [-0.39, 0.29) is 0 Å². The lowest BCUT2D eigenvalue weighted by molar-refractivity contribution is 0.0458. The molecule has 2 fully saturated rings. The van der Waals surface area contributed by atoms with E-state index >= 15 is 0 Å². The van der Waals surface area contributed by atoms with Gasteiger partial charge in [0, 0.05) is 32.3 Å². The summed E-state index contributed by atoms with van der Waals surface area (Å²) in [5.74, 6) is 0.995. The molecule has 0 amide bonds. The molecule has 0 radical (unpaired) electrons. The summed E-state index contributed by atoms with van der Waals surface area (Å²) >= 11 is 0. The van der Waals surface area contributed by atoms with Crippen molar-refractivity contribution in [3.63, 3.8) is 0 Å². The fourth-order valence-corrected chi connectivity index (χ4v) is 2.64. The Hall–Kier alpha value is -1.20. The number of nitrogens with zero attached hydrogens (tertiary/aromatic N) is 3. The first kappa shape index (κ1) is 13.8. The molecule has 1 N–H and O–H groups in total. The van der Waals surface area contributed by atoms with Gasteiger partial charge < -0.3 is 15.0 Å². The summed E-state index contributed by atoms with van der Waals surface area (Å²) in [5, 5.41) is 12.1. The largest absolute Gasteiger partial charge is 0.378 e. The third kappa shape index (κ3) is 3.67. The predicted octanol–water partition coefficient (Wildman–Crippen LogP) is 1.73. The SMILES string of the molecule is CCOC1CCN(c2ccc(CNC3CC3)nn2)CC1. The zero-order chi connectivity index (χ0) is 13.8. The molecule has 1 saturated carbocycles. The predicted molar refractivity (Wildman–Crippen MR) is 78.8 cm³/mol. The molecular formula is C15H24N4O. The molecule has 1 aliphatic carbocycles. The fraction of sp³-hybridized carbons (Fsp3) is 0.733. The van der Waals surface area contributed by atoms with Gasteiger partial charge in [-0.15, -0.1) is 5.10 Å². The molecule has 0 atom stereocenters. The Morgan fingerprint density at radius 1 is 1.20 bits per heavy atom. The highest BCUT2D eigenvalue weighted by atomic mass is 16.5. The third-order valence-electron chi connectivity index (χ3n) is 4.02. The summed E-state index contributed by atoms with van der Waals surface area (Å²) < 4.78 is 5.68. The number of nitrogens with one attached hydrogen (secondary N) is 1. The summed E-state index contributed by atoms with van der Waals surface area (Å²) in [6.07, 6.45) is 5.20. The van der Waals surface area contributed by atoms with Crippen LogP contribution in [0.5, 0.6) is 0 Å². The third-order valence-corrected chi connectivity index (χ3v) is 4.02. The Labute approximate surface area is 120 Å². The van der Waals surface area contributed by atoms with Crippen LogP contribution in [0.2, 0.25) is 0 Å². The van der Waals surface area contributed by atoms with Gasteiger partial charge in [-0.2, -0.15) is 5.10 Å². The van der Waals surface area contributed by atoms with Gasteiger partial charge in [-0.05, 0) is 44.7 Å². The van der Waals surface area contributed by atoms with Crippen LogP contribution >= 0.6 is 0 Å². The zero-order valence-electron chi connectivity index (χ0n) is 12.2. The topological polar surface area (TPSA) is 50.3 Å². The quantitative estimate of drug-likeness (QED) is 0.857. The van der Waals surface area contributed by atoms with Crippen molar-refractivity contribution in [3.05, 3.63) is 17.8 Å². The van der Waals surface area contributed by atoms with Crippen LogP contribution in [0, 0.1) is 0 Å². The van der Waals surface area contributed by atoms with E-state index in [1.54, 1.807) is 0 Å². The Kier molecular flexibility index (Phi) is 4.47. The minimum atomic E-state index is 0.422. The normalized spacial score (nSPS) is 20.4. The molecule has 5 nitrogen and oxygen atoms in total. The van der Waals surface area contributed by atoms with Crippen molar-refractivity contribution in [2.24, 2.45) is 0 Å². The second-order valence-corrected chi connectivity index (χ2v) is 5.68. The van der Waals surface area contributed by atoms with Gasteiger partial charge in [0.05, 0.1) is 11.8 Å². The molecule has 1 saturated heterocycles. The molecule has 0 unspecified atom stereocenters. The molecule has 2 heterocycles. The summed E-state index contributed by atoms with van der Waals surface area (Å²) in [7, 11) is 0. The molecular weight excluding hydrogens is 252 g/mol. The Morgan fingerprint density at radius 3 is 2.60 bits per heavy atom. The van der Waals surface area contributed by atoms with Crippen LogP contribution in [0.1, 0.15) is 38.3 Å². The number of hydrogen-bond donors (Lipinski definition) is 1. The summed E-state index contributed by atoms with van der Waals surface area (Å²) in [6.45, 7) is 5.74. The first-order chi connectivity index (χ1) is 9.85. The molecule has 1 aromatic rings. The lowest BCUT2D eigenvalue weighted by atomic mass is 10.1. The molecule has 3 rings (SSSR count). The number of anilines is 1. The monoisotopic (exact) mass is 276 g/mol. The van der Waals surface area contributed by atoms with Crippen LogP contribution in [-0.2, 0) is 11.3 Å². The number of rotatable bonds is 6. The first-order valence-electron chi connectivity index (χ1n) is 7.77. The smallest absolute Gasteiger partial charge is 0.151 e. The van der Waals surface area contributed by atoms with Crippen molar-refractivity contribution < 1.29 is 4.74 Å². The van der Waals surface area contributed by atoms with E-state index in [4.69, 9.17) is 4.74 Å². The van der Waals surface area contributed by atoms with Gasteiger partial charge in [-0.3, -0.25) is 0 Å². The highest BCUT2D eigenvalue weighted by Crippen LogP contribution is 2.20. The van der Waals surface area contributed by atoms with Gasteiger partial charge in [-0.1, -0.05) is 0 Å². The molecule has 1 aliphatic heterocycles. The summed E-state index contributed by atoms with van der Waals surface area (Å²) in [5.41, 5.74) is 1.03. The number of aromatic nitrogens is 2. The van der Waals surface area contributed by atoms with Crippen LogP contribution in [0.25, 0.3) is 0 Å². The van der Waals surface area contributed by atoms with E-state index in [0.29, 0.717) is 12.1 Å². The van der Waals surface area contributed by atoms with E-state index in [0.717, 1.165) is 50.6 Å². The molecule has 20 heavy (non-hydrogen) atoms. The fourth-order valence-electron chi connectivity index (χ4n) is 2.64. The summed E-state index contributed by atoms with van der Waals surface area (Å²) in [4.78, 5) is 2.31. The Morgan fingerprint density at radius 2 is 2.00 bits per heavy atom. The number of ether oxygens (including phenoxy) is 1. The standard InChI is InChI=1S/C15H24N4O/c1-2-20-14-7-9-19(10-8-14)15-6-5-13(17-18-15)11-16-12-3-4-12/h5-6,12,14,16H,2-4,7-11H2,1H3. The average molecular weight is 276 g/mol. The molecule has 0 spiro atoms. The van der Waals surface area contributed by atoms with E-state index in [1.165, 1.54) is 12.8 Å². The molecule has 0 aromatic carbocycles. The van der Waals surface area contributed by atoms with Crippen LogP contribution in [0.3, 0.4) is 0 Å². The van der Waals surface area contributed by atoms with E-state index in [2.05, 4.69) is 39.5 Å². The van der Waals surface area contributed by atoms with E-state index in [9.17, 15) is 0 Å². The lowest BCUT2D eigenvalue weighted by Crippen LogP contribution is -2.37. The molecule has 0 bridgehead atoms. The van der Waals surface area contributed by atoms with Crippen LogP contribution in [0.4, 0.5) is 5.82 Å². The van der Waals surface area contributed by atoms with Crippen molar-refractivity contribution in [1.82, 2.24) is 15.5 Å². The highest BCUT2D eigenvalue weighted by Gasteiger charge is 2.21. The molecule has 5 heteroatoms. The Balaban J connectivity index is 1.49. The average Bonchev–Trinajstić information content (AvgIpc) is 3.31. The van der Waals surface area contributed by atoms with Crippen molar-refractivity contribution in [2.45, 2.75) is 51.3 Å². The van der Waals surface area contributed by atoms with Crippen molar-refractivity contribution in [1.29, 1.82) is 0 Å². The molecule has 110 valence electrons. The van der Waals surface area contributed by atoms with Gasteiger partial charge in [-0.25, -0.2) is 0 Å². The van der Waals surface area contributed by atoms with Crippen molar-refractivity contribution >= 4 is 5.82 Å². The van der Waals surface area contributed by atoms with Crippen LogP contribution in [0.15, 0.2) is 12.1 Å². The minimum absolute atomic E-state index is 0.422. The lowest BCUT2D eigenvalue weighted by Gasteiger charge is -2.32. The van der Waals surface area contributed by atoms with E-state index in [1.807, 2.05) is 0 Å². The molecule has 2 aliphatic rings. The maximum absolute atomic E-state index is 5.68. The minimum Gasteiger partial charge on any atom is -0.378 e. The van der Waals surface area contributed by atoms with Crippen molar-refractivity contribution in [2.75, 3.05) is 24.6 Å². The molecule has 1 aromatic heterocycles. The van der Waals surface area contributed by atoms with Crippen molar-refractivity contribution in [3.8, 4) is 0 Å². The van der Waals surface area contributed by atoms with Gasteiger partial charge in [0.25, 0.3) is 0 Å².